The van der Waals surface area contributed by atoms with Crippen molar-refractivity contribution in [2.45, 2.75) is 31.9 Å². The smallest absolute Gasteiger partial charge is 0.123 e. The van der Waals surface area contributed by atoms with E-state index in [1.807, 2.05) is 30.5 Å². The van der Waals surface area contributed by atoms with Crippen molar-refractivity contribution in [2.24, 2.45) is 0 Å². The van der Waals surface area contributed by atoms with Crippen LogP contribution in [0, 0.1) is 5.82 Å². The molecule has 0 radical (unpaired) electrons. The van der Waals surface area contributed by atoms with Gasteiger partial charge < -0.3 is 15.3 Å². The number of nitrogens with zero attached hydrogens (tertiary/aromatic N) is 3. The Labute approximate surface area is 187 Å². The van der Waals surface area contributed by atoms with Crippen LogP contribution in [0.1, 0.15) is 24.8 Å². The number of nitrogens with one attached hydrogen (secondary N) is 1. The Morgan fingerprint density at radius 3 is 2.58 bits per heavy atom. The molecule has 1 saturated heterocycles. The minimum Gasteiger partial charge on any atom is -0.393 e. The zero-order chi connectivity index (χ0) is 21.6. The predicted molar refractivity (Wildman–Crippen MR) is 122 cm³/mol. The topological polar surface area (TPSA) is 53.3 Å². The van der Waals surface area contributed by atoms with E-state index in [1.165, 1.54) is 12.1 Å². The van der Waals surface area contributed by atoms with E-state index in [9.17, 15) is 9.50 Å². The first kappa shape index (κ1) is 22.0. The molecule has 2 N–H and O–H groups in total. The minimum absolute atomic E-state index is 0.129. The van der Waals surface area contributed by atoms with Gasteiger partial charge >= 0.3 is 0 Å². The number of hydrogen-bond donors (Lipinski definition) is 2. The van der Waals surface area contributed by atoms with E-state index < -0.39 is 0 Å². The molecule has 164 valence electrons. The van der Waals surface area contributed by atoms with Crippen molar-refractivity contribution in [1.29, 1.82) is 0 Å². The summed E-state index contributed by atoms with van der Waals surface area (Å²) in [5, 5.41) is 18.6. The lowest BCUT2D eigenvalue weighted by Crippen LogP contribution is -2.37. The van der Waals surface area contributed by atoms with Crippen LogP contribution in [0.25, 0.3) is 16.9 Å². The summed E-state index contributed by atoms with van der Waals surface area (Å²) >= 11 is 6.44. The van der Waals surface area contributed by atoms with Crippen LogP contribution >= 0.6 is 11.6 Å². The van der Waals surface area contributed by atoms with Crippen molar-refractivity contribution < 1.29 is 9.50 Å². The summed E-state index contributed by atoms with van der Waals surface area (Å²) in [6, 6.07) is 14.0. The molecule has 2 heterocycles. The van der Waals surface area contributed by atoms with E-state index in [0.717, 1.165) is 67.9 Å². The number of aliphatic hydroxyl groups is 1. The van der Waals surface area contributed by atoms with Crippen LogP contribution < -0.4 is 5.32 Å². The summed E-state index contributed by atoms with van der Waals surface area (Å²) in [5.41, 5.74) is 3.55. The van der Waals surface area contributed by atoms with E-state index in [2.05, 4.69) is 10.2 Å². The molecule has 0 atom stereocenters. The molecule has 1 aliphatic heterocycles. The molecular weight excluding hydrogens is 415 g/mol. The third kappa shape index (κ3) is 5.71. The first-order valence-corrected chi connectivity index (χ1v) is 11.2. The van der Waals surface area contributed by atoms with Crippen LogP contribution in [0.5, 0.6) is 0 Å². The number of aliphatic hydroxyl groups excluding tert-OH is 1. The molecule has 0 bridgehead atoms. The Kier molecular flexibility index (Phi) is 7.35. The minimum atomic E-state index is -0.271. The maximum atomic E-state index is 13.3. The van der Waals surface area contributed by atoms with Crippen LogP contribution in [0.3, 0.4) is 0 Å². The van der Waals surface area contributed by atoms with Gasteiger partial charge in [0.25, 0.3) is 0 Å². The molecular formula is C24H28ClFN4O. The van der Waals surface area contributed by atoms with Crippen molar-refractivity contribution in [3.8, 4) is 16.9 Å². The third-order valence-electron chi connectivity index (χ3n) is 5.71. The van der Waals surface area contributed by atoms with E-state index >= 15 is 0 Å². The Balaban J connectivity index is 1.43. The summed E-state index contributed by atoms with van der Waals surface area (Å²) in [5.74, 6) is -0.271. The number of piperidine rings is 1. The van der Waals surface area contributed by atoms with E-state index in [1.54, 1.807) is 16.8 Å². The zero-order valence-corrected chi connectivity index (χ0v) is 18.2. The SMILES string of the molecule is OC1CCN(CCCNCc2cn(-c3ccc(F)cc3)nc2-c2ccccc2Cl)CC1. The maximum Gasteiger partial charge on any atom is 0.123 e. The molecule has 0 unspecified atom stereocenters. The van der Waals surface area contributed by atoms with Gasteiger partial charge in [0.1, 0.15) is 5.82 Å². The standard InChI is InChI=1S/C24H28ClFN4O/c25-23-5-2-1-4-22(23)24-18(17-30(28-24)20-8-6-19(26)7-9-20)16-27-12-3-13-29-14-10-21(31)11-15-29/h1-2,4-9,17,21,27,31H,3,10-16H2. The molecule has 2 aromatic carbocycles. The molecule has 3 aromatic rings. The van der Waals surface area contributed by atoms with Crippen molar-refractivity contribution >= 4 is 11.6 Å². The molecule has 4 rings (SSSR count). The lowest BCUT2D eigenvalue weighted by molar-refractivity contribution is 0.0821. The van der Waals surface area contributed by atoms with Crippen molar-refractivity contribution in [3.63, 3.8) is 0 Å². The Bertz CT molecular complexity index is 983. The average Bonchev–Trinajstić information content (AvgIpc) is 3.19. The summed E-state index contributed by atoms with van der Waals surface area (Å²) in [6.45, 7) is 4.54. The quantitative estimate of drug-likeness (QED) is 0.511. The summed E-state index contributed by atoms with van der Waals surface area (Å²) < 4.78 is 15.1. The van der Waals surface area contributed by atoms with Gasteiger partial charge in [0.05, 0.1) is 22.5 Å². The summed E-state index contributed by atoms with van der Waals surface area (Å²) in [4.78, 5) is 2.41. The fourth-order valence-corrected chi connectivity index (χ4v) is 4.16. The summed E-state index contributed by atoms with van der Waals surface area (Å²) in [7, 11) is 0. The average molecular weight is 443 g/mol. The highest BCUT2D eigenvalue weighted by molar-refractivity contribution is 6.33. The van der Waals surface area contributed by atoms with Gasteiger partial charge in [0, 0.05) is 37.0 Å². The van der Waals surface area contributed by atoms with E-state index in [0.29, 0.717) is 11.6 Å². The Hall–Kier alpha value is -2.25. The molecule has 1 fully saturated rings. The van der Waals surface area contributed by atoms with Crippen LogP contribution in [0.15, 0.2) is 54.7 Å². The van der Waals surface area contributed by atoms with Gasteiger partial charge in [-0.05, 0) is 62.7 Å². The van der Waals surface area contributed by atoms with E-state index in [4.69, 9.17) is 16.7 Å². The first-order valence-electron chi connectivity index (χ1n) is 10.8. The van der Waals surface area contributed by atoms with Gasteiger partial charge in [0.2, 0.25) is 0 Å². The monoisotopic (exact) mass is 442 g/mol. The second kappa shape index (κ2) is 10.4. The van der Waals surface area contributed by atoms with Crippen molar-refractivity contribution in [1.82, 2.24) is 20.0 Å². The van der Waals surface area contributed by atoms with Crippen LogP contribution in [0.2, 0.25) is 5.02 Å². The van der Waals surface area contributed by atoms with Crippen molar-refractivity contribution in [3.05, 3.63) is 71.1 Å². The number of rotatable bonds is 8. The second-order valence-electron chi connectivity index (χ2n) is 8.01. The van der Waals surface area contributed by atoms with Gasteiger partial charge in [-0.15, -0.1) is 0 Å². The fraction of sp³-hybridized carbons (Fsp3) is 0.375. The second-order valence-corrected chi connectivity index (χ2v) is 8.41. The summed E-state index contributed by atoms with van der Waals surface area (Å²) in [6.07, 6.45) is 4.64. The van der Waals surface area contributed by atoms with Crippen LogP contribution in [-0.4, -0.2) is 52.1 Å². The first-order chi connectivity index (χ1) is 15.1. The number of hydrogen-bond acceptors (Lipinski definition) is 4. The highest BCUT2D eigenvalue weighted by atomic mass is 35.5. The zero-order valence-electron chi connectivity index (χ0n) is 17.5. The number of benzene rings is 2. The fourth-order valence-electron chi connectivity index (χ4n) is 3.94. The van der Waals surface area contributed by atoms with Crippen LogP contribution in [-0.2, 0) is 6.54 Å². The number of aromatic nitrogens is 2. The highest BCUT2D eigenvalue weighted by Crippen LogP contribution is 2.30. The Morgan fingerprint density at radius 1 is 1.10 bits per heavy atom. The third-order valence-corrected chi connectivity index (χ3v) is 6.04. The normalized spacial score (nSPS) is 15.5. The molecule has 7 heteroatoms. The van der Waals surface area contributed by atoms with Crippen molar-refractivity contribution in [2.75, 3.05) is 26.2 Å². The maximum absolute atomic E-state index is 13.3. The van der Waals surface area contributed by atoms with E-state index in [-0.39, 0.29) is 11.9 Å². The molecule has 31 heavy (non-hydrogen) atoms. The van der Waals surface area contributed by atoms with Gasteiger partial charge in [-0.1, -0.05) is 29.8 Å². The predicted octanol–water partition coefficient (Wildman–Crippen LogP) is 4.27. The lowest BCUT2D eigenvalue weighted by atomic mass is 10.1. The number of likely N-dealkylation sites (tertiary alicyclic amines) is 1. The number of halogens is 2. The van der Waals surface area contributed by atoms with Gasteiger partial charge in [-0.25, -0.2) is 9.07 Å². The molecule has 5 nitrogen and oxygen atoms in total. The Morgan fingerprint density at radius 2 is 1.84 bits per heavy atom. The molecule has 1 aromatic heterocycles. The van der Waals surface area contributed by atoms with Gasteiger partial charge in [0.15, 0.2) is 0 Å². The van der Waals surface area contributed by atoms with Gasteiger partial charge in [-0.2, -0.15) is 5.10 Å². The molecule has 0 saturated carbocycles. The lowest BCUT2D eigenvalue weighted by Gasteiger charge is -2.29. The molecule has 0 spiro atoms. The highest BCUT2D eigenvalue weighted by Gasteiger charge is 2.17. The largest absolute Gasteiger partial charge is 0.393 e. The van der Waals surface area contributed by atoms with Gasteiger partial charge in [-0.3, -0.25) is 0 Å². The molecule has 0 aliphatic carbocycles. The van der Waals surface area contributed by atoms with Crippen LogP contribution in [0.4, 0.5) is 4.39 Å². The molecule has 1 aliphatic rings. The molecule has 0 amide bonds.